The van der Waals surface area contributed by atoms with Crippen molar-refractivity contribution in [2.75, 3.05) is 0 Å². The van der Waals surface area contributed by atoms with Gasteiger partial charge in [0.15, 0.2) is 0 Å². The Balaban J connectivity index is 1.72. The van der Waals surface area contributed by atoms with Crippen LogP contribution in [0.5, 0.6) is 0 Å². The van der Waals surface area contributed by atoms with Crippen LogP contribution in [0.4, 0.5) is 0 Å². The summed E-state index contributed by atoms with van der Waals surface area (Å²) in [5, 5.41) is 0. The third-order valence-electron chi connectivity index (χ3n) is 4.20. The van der Waals surface area contributed by atoms with Gasteiger partial charge in [0, 0.05) is 6.04 Å². The first-order chi connectivity index (χ1) is 9.36. The molecule has 0 aliphatic heterocycles. The van der Waals surface area contributed by atoms with Gasteiger partial charge in [-0.05, 0) is 54.4 Å². The highest BCUT2D eigenvalue weighted by Gasteiger charge is 2.25. The normalized spacial score (nSPS) is 19.9. The lowest BCUT2D eigenvalue weighted by atomic mass is 9.79. The van der Waals surface area contributed by atoms with Crippen LogP contribution in [-0.4, -0.2) is 6.04 Å². The molecule has 1 aliphatic carbocycles. The zero-order chi connectivity index (χ0) is 13.1. The lowest BCUT2D eigenvalue weighted by Gasteiger charge is -2.31. The molecule has 3 N–H and O–H groups in total. The predicted octanol–water partition coefficient (Wildman–Crippen LogP) is 2.46. The third-order valence-corrected chi connectivity index (χ3v) is 4.20. The fraction of sp³-hybridized carbons (Fsp3) is 0.375. The van der Waals surface area contributed by atoms with E-state index in [-0.39, 0.29) is 0 Å². The second-order valence-corrected chi connectivity index (χ2v) is 5.38. The van der Waals surface area contributed by atoms with E-state index in [0.717, 1.165) is 19.3 Å². The molecule has 3 nitrogen and oxygen atoms in total. The van der Waals surface area contributed by atoms with Crippen molar-refractivity contribution in [1.82, 2.24) is 5.43 Å². The number of aryl methyl sites for hydroxylation is 1. The van der Waals surface area contributed by atoms with Crippen LogP contribution in [0.25, 0.3) is 0 Å². The second-order valence-electron chi connectivity index (χ2n) is 5.38. The molecule has 2 atom stereocenters. The van der Waals surface area contributed by atoms with Gasteiger partial charge >= 0.3 is 0 Å². The Kier molecular flexibility index (Phi) is 3.67. The first kappa shape index (κ1) is 12.5. The maximum atomic E-state index is 5.76. The highest BCUT2D eigenvalue weighted by Crippen LogP contribution is 2.28. The number of nitrogens with one attached hydrogen (secondary N) is 1. The van der Waals surface area contributed by atoms with Crippen molar-refractivity contribution in [2.45, 2.75) is 31.7 Å². The minimum Gasteiger partial charge on any atom is -0.472 e. The summed E-state index contributed by atoms with van der Waals surface area (Å²) in [6, 6.07) is 11.1. The highest BCUT2D eigenvalue weighted by atomic mass is 16.3. The van der Waals surface area contributed by atoms with E-state index in [9.17, 15) is 0 Å². The number of furan rings is 1. The lowest BCUT2D eigenvalue weighted by Crippen LogP contribution is -2.44. The summed E-state index contributed by atoms with van der Waals surface area (Å²) >= 11 is 0. The van der Waals surface area contributed by atoms with E-state index in [0.29, 0.717) is 12.0 Å². The molecule has 1 aromatic heterocycles. The van der Waals surface area contributed by atoms with Crippen molar-refractivity contribution in [3.63, 3.8) is 0 Å². The summed E-state index contributed by atoms with van der Waals surface area (Å²) in [6.45, 7) is 0. The Morgan fingerprint density at radius 2 is 2.11 bits per heavy atom. The van der Waals surface area contributed by atoms with Gasteiger partial charge in [-0.15, -0.1) is 0 Å². The molecule has 0 saturated heterocycles. The Morgan fingerprint density at radius 3 is 2.84 bits per heavy atom. The Bertz CT molecular complexity index is 521. The number of nitrogens with two attached hydrogens (primary N) is 1. The average molecular weight is 256 g/mol. The van der Waals surface area contributed by atoms with Crippen LogP contribution in [-0.2, 0) is 19.3 Å². The molecule has 0 fully saturated rings. The van der Waals surface area contributed by atoms with Gasteiger partial charge in [0.2, 0.25) is 0 Å². The van der Waals surface area contributed by atoms with E-state index in [1.54, 1.807) is 12.5 Å². The van der Waals surface area contributed by atoms with Crippen molar-refractivity contribution in [2.24, 2.45) is 11.8 Å². The summed E-state index contributed by atoms with van der Waals surface area (Å²) in [5.74, 6) is 6.35. The molecule has 1 heterocycles. The van der Waals surface area contributed by atoms with Gasteiger partial charge in [0.1, 0.15) is 0 Å². The molecule has 19 heavy (non-hydrogen) atoms. The Hall–Kier alpha value is -1.58. The molecule has 2 unspecified atom stereocenters. The second kappa shape index (κ2) is 5.59. The number of fused-ring (bicyclic) bond motifs is 1. The van der Waals surface area contributed by atoms with Crippen LogP contribution in [0.2, 0.25) is 0 Å². The molecule has 2 aromatic rings. The van der Waals surface area contributed by atoms with Crippen molar-refractivity contribution in [3.05, 3.63) is 59.5 Å². The standard InChI is InChI=1S/C16H20N2O/c17-18-16(9-12-7-8-19-11-12)15-6-5-13-3-1-2-4-14(13)10-15/h1-4,7-8,11,15-16,18H,5-6,9-10,17H2. The molecule has 0 spiro atoms. The summed E-state index contributed by atoms with van der Waals surface area (Å²) in [6.07, 6.45) is 7.93. The van der Waals surface area contributed by atoms with E-state index in [1.807, 2.05) is 6.07 Å². The van der Waals surface area contributed by atoms with Crippen LogP contribution in [0.3, 0.4) is 0 Å². The number of hydrazine groups is 1. The molecular formula is C16H20N2O. The minimum absolute atomic E-state index is 0.311. The van der Waals surface area contributed by atoms with Gasteiger partial charge in [0.25, 0.3) is 0 Å². The zero-order valence-electron chi connectivity index (χ0n) is 11.0. The minimum atomic E-state index is 0.311. The van der Waals surface area contributed by atoms with Crippen molar-refractivity contribution >= 4 is 0 Å². The lowest BCUT2D eigenvalue weighted by molar-refractivity contribution is 0.320. The number of benzene rings is 1. The SMILES string of the molecule is NNC(Cc1ccoc1)C1CCc2ccccc2C1. The van der Waals surface area contributed by atoms with Gasteiger partial charge in [-0.1, -0.05) is 24.3 Å². The number of hydrogen-bond donors (Lipinski definition) is 2. The monoisotopic (exact) mass is 256 g/mol. The topological polar surface area (TPSA) is 51.2 Å². The molecular weight excluding hydrogens is 236 g/mol. The summed E-state index contributed by atoms with van der Waals surface area (Å²) in [5.41, 5.74) is 7.19. The highest BCUT2D eigenvalue weighted by molar-refractivity contribution is 5.30. The largest absolute Gasteiger partial charge is 0.472 e. The Morgan fingerprint density at radius 1 is 1.26 bits per heavy atom. The maximum absolute atomic E-state index is 5.76. The smallest absolute Gasteiger partial charge is 0.0935 e. The molecule has 0 saturated carbocycles. The van der Waals surface area contributed by atoms with E-state index >= 15 is 0 Å². The van der Waals surface area contributed by atoms with Gasteiger partial charge in [0.05, 0.1) is 12.5 Å². The van der Waals surface area contributed by atoms with Gasteiger partial charge in [-0.3, -0.25) is 11.3 Å². The fourth-order valence-electron chi connectivity index (χ4n) is 3.09. The molecule has 1 aromatic carbocycles. The number of rotatable bonds is 4. The fourth-order valence-corrected chi connectivity index (χ4v) is 3.09. The Labute approximate surface area is 113 Å². The third kappa shape index (κ3) is 2.72. The van der Waals surface area contributed by atoms with Crippen LogP contribution in [0, 0.1) is 5.92 Å². The van der Waals surface area contributed by atoms with Crippen molar-refractivity contribution < 1.29 is 4.42 Å². The van der Waals surface area contributed by atoms with E-state index in [1.165, 1.54) is 23.1 Å². The van der Waals surface area contributed by atoms with E-state index in [2.05, 4.69) is 29.7 Å². The van der Waals surface area contributed by atoms with Gasteiger partial charge in [-0.25, -0.2) is 0 Å². The molecule has 1 aliphatic rings. The first-order valence-electron chi connectivity index (χ1n) is 6.91. The zero-order valence-corrected chi connectivity index (χ0v) is 11.0. The predicted molar refractivity (Wildman–Crippen MR) is 75.5 cm³/mol. The number of hydrogen-bond acceptors (Lipinski definition) is 3. The average Bonchev–Trinajstić information content (AvgIpc) is 2.97. The van der Waals surface area contributed by atoms with Crippen LogP contribution < -0.4 is 11.3 Å². The van der Waals surface area contributed by atoms with Crippen molar-refractivity contribution in [1.29, 1.82) is 0 Å². The van der Waals surface area contributed by atoms with Crippen LogP contribution in [0.1, 0.15) is 23.1 Å². The molecule has 3 rings (SSSR count). The first-order valence-corrected chi connectivity index (χ1v) is 6.91. The van der Waals surface area contributed by atoms with Crippen LogP contribution in [0.15, 0.2) is 47.3 Å². The molecule has 0 radical (unpaired) electrons. The molecule has 100 valence electrons. The van der Waals surface area contributed by atoms with Crippen molar-refractivity contribution in [3.8, 4) is 0 Å². The molecule has 3 heteroatoms. The molecule has 0 bridgehead atoms. The van der Waals surface area contributed by atoms with E-state index in [4.69, 9.17) is 10.3 Å². The maximum Gasteiger partial charge on any atom is 0.0935 e. The van der Waals surface area contributed by atoms with Gasteiger partial charge < -0.3 is 4.42 Å². The van der Waals surface area contributed by atoms with Gasteiger partial charge in [-0.2, -0.15) is 0 Å². The summed E-state index contributed by atoms with van der Waals surface area (Å²) in [4.78, 5) is 0. The van der Waals surface area contributed by atoms with Crippen LogP contribution >= 0.6 is 0 Å². The summed E-state index contributed by atoms with van der Waals surface area (Å²) < 4.78 is 5.13. The molecule has 0 amide bonds. The quantitative estimate of drug-likeness (QED) is 0.652. The summed E-state index contributed by atoms with van der Waals surface area (Å²) in [7, 11) is 0. The van der Waals surface area contributed by atoms with E-state index < -0.39 is 0 Å².